The molecule has 5 rings (SSSR count). The van der Waals surface area contributed by atoms with E-state index in [1.807, 2.05) is 34.0 Å². The number of thiazole rings is 1. The van der Waals surface area contributed by atoms with Crippen molar-refractivity contribution in [3.8, 4) is 11.3 Å². The van der Waals surface area contributed by atoms with E-state index in [9.17, 15) is 9.18 Å². The molecule has 4 heterocycles. The third-order valence-corrected chi connectivity index (χ3v) is 7.04. The average Bonchev–Trinajstić information content (AvgIpc) is 3.61. The van der Waals surface area contributed by atoms with Crippen LogP contribution in [0.25, 0.3) is 16.9 Å². The fourth-order valence-electron chi connectivity index (χ4n) is 4.29. The van der Waals surface area contributed by atoms with Crippen LogP contribution in [-0.4, -0.2) is 52.8 Å². The normalized spacial score (nSPS) is 15.8. The van der Waals surface area contributed by atoms with Crippen LogP contribution in [-0.2, 0) is 16.0 Å². The topological polar surface area (TPSA) is 75.9 Å². The van der Waals surface area contributed by atoms with E-state index in [0.29, 0.717) is 6.54 Å². The summed E-state index contributed by atoms with van der Waals surface area (Å²) >= 11 is 1.51. The molecule has 0 bridgehead atoms. The Morgan fingerprint density at radius 3 is 2.76 bits per heavy atom. The second-order valence-corrected chi connectivity index (χ2v) is 9.07. The molecule has 1 saturated heterocycles. The van der Waals surface area contributed by atoms with Gasteiger partial charge in [-0.25, -0.2) is 14.4 Å². The Balaban J connectivity index is 1.48. The number of anilines is 3. The molecule has 1 aromatic carbocycles. The number of aryl methyl sites for hydroxylation is 1. The molecular weight excluding hydrogens is 455 g/mol. The van der Waals surface area contributed by atoms with Gasteiger partial charge in [0.05, 0.1) is 24.4 Å². The minimum atomic E-state index is -0.271. The van der Waals surface area contributed by atoms with Crippen molar-refractivity contribution in [2.24, 2.45) is 5.92 Å². The van der Waals surface area contributed by atoms with Gasteiger partial charge in [-0.3, -0.25) is 4.79 Å². The first-order valence-corrected chi connectivity index (χ1v) is 12.0. The Morgan fingerprint density at radius 1 is 1.24 bits per heavy atom. The first kappa shape index (κ1) is 22.3. The summed E-state index contributed by atoms with van der Waals surface area (Å²) in [6.45, 7) is 3.39. The molecular formula is C24H25FN6O2S. The molecule has 4 aromatic rings. The van der Waals surface area contributed by atoms with Crippen LogP contribution in [0, 0.1) is 11.7 Å². The SMILES string of the molecule is CCc1nc2ccc(N3CCC(C(=O)OC)C3)nn2c1N(C)c1nc(-c2ccc(F)cc2)cs1. The van der Waals surface area contributed by atoms with Crippen molar-refractivity contribution >= 4 is 39.7 Å². The van der Waals surface area contributed by atoms with E-state index in [1.54, 1.807) is 12.1 Å². The number of nitrogens with zero attached hydrogens (tertiary/aromatic N) is 6. The number of benzene rings is 1. The highest BCUT2D eigenvalue weighted by atomic mass is 32.1. The number of imidazole rings is 1. The molecule has 0 aliphatic carbocycles. The quantitative estimate of drug-likeness (QED) is 0.381. The molecule has 3 aromatic heterocycles. The number of rotatable bonds is 6. The van der Waals surface area contributed by atoms with Crippen molar-refractivity contribution in [3.63, 3.8) is 0 Å². The van der Waals surface area contributed by atoms with E-state index in [4.69, 9.17) is 19.8 Å². The molecule has 0 amide bonds. The molecule has 1 atom stereocenters. The van der Waals surface area contributed by atoms with Crippen LogP contribution in [0.1, 0.15) is 19.0 Å². The van der Waals surface area contributed by atoms with Crippen LogP contribution < -0.4 is 9.80 Å². The van der Waals surface area contributed by atoms with E-state index in [0.717, 1.165) is 58.8 Å². The van der Waals surface area contributed by atoms with Gasteiger partial charge in [0.25, 0.3) is 0 Å². The van der Waals surface area contributed by atoms with Gasteiger partial charge in [0, 0.05) is 31.1 Å². The van der Waals surface area contributed by atoms with Crippen molar-refractivity contribution in [1.82, 2.24) is 19.6 Å². The van der Waals surface area contributed by atoms with E-state index in [-0.39, 0.29) is 17.7 Å². The molecule has 1 aliphatic rings. The van der Waals surface area contributed by atoms with Gasteiger partial charge in [0.1, 0.15) is 11.6 Å². The van der Waals surface area contributed by atoms with Gasteiger partial charge in [-0.15, -0.1) is 16.4 Å². The summed E-state index contributed by atoms with van der Waals surface area (Å²) in [6.07, 6.45) is 1.48. The predicted octanol–water partition coefficient (Wildman–Crippen LogP) is 4.32. The van der Waals surface area contributed by atoms with Crippen LogP contribution in [0.5, 0.6) is 0 Å². The van der Waals surface area contributed by atoms with Gasteiger partial charge in [-0.1, -0.05) is 6.92 Å². The lowest BCUT2D eigenvalue weighted by Crippen LogP contribution is -2.25. The van der Waals surface area contributed by atoms with Crippen molar-refractivity contribution in [2.45, 2.75) is 19.8 Å². The number of methoxy groups -OCH3 is 1. The summed E-state index contributed by atoms with van der Waals surface area (Å²) in [4.78, 5) is 25.6. The smallest absolute Gasteiger partial charge is 0.310 e. The van der Waals surface area contributed by atoms with Gasteiger partial charge >= 0.3 is 5.97 Å². The van der Waals surface area contributed by atoms with E-state index in [2.05, 4.69) is 11.8 Å². The summed E-state index contributed by atoms with van der Waals surface area (Å²) in [5.41, 5.74) is 3.32. The highest BCUT2D eigenvalue weighted by molar-refractivity contribution is 7.14. The highest BCUT2D eigenvalue weighted by Gasteiger charge is 2.30. The number of esters is 1. The van der Waals surface area contributed by atoms with Crippen LogP contribution in [0.2, 0.25) is 0 Å². The molecule has 0 saturated carbocycles. The Kier molecular flexibility index (Phi) is 5.91. The molecule has 1 fully saturated rings. The van der Waals surface area contributed by atoms with Crippen molar-refractivity contribution in [3.05, 3.63) is 53.3 Å². The standard InChI is InChI=1S/C24H25FN6O2S/c1-4-18-22(29(2)24-27-19(14-34-24)15-5-7-17(25)8-6-15)31-20(26-18)9-10-21(28-31)30-12-11-16(13-30)23(32)33-3/h5-10,14,16H,4,11-13H2,1-3H3. The lowest BCUT2D eigenvalue weighted by molar-refractivity contribution is -0.144. The number of fused-ring (bicyclic) bond motifs is 1. The molecule has 8 nitrogen and oxygen atoms in total. The van der Waals surface area contributed by atoms with Crippen LogP contribution in [0.4, 0.5) is 21.2 Å². The Hall–Kier alpha value is -3.53. The van der Waals surface area contributed by atoms with Crippen LogP contribution >= 0.6 is 11.3 Å². The predicted molar refractivity (Wildman–Crippen MR) is 130 cm³/mol. The monoisotopic (exact) mass is 480 g/mol. The maximum atomic E-state index is 13.3. The van der Waals surface area contributed by atoms with Gasteiger partial charge in [-0.2, -0.15) is 4.52 Å². The Morgan fingerprint density at radius 2 is 2.03 bits per heavy atom. The second kappa shape index (κ2) is 9.02. The summed E-state index contributed by atoms with van der Waals surface area (Å²) in [5, 5.41) is 7.64. The zero-order valence-corrected chi connectivity index (χ0v) is 20.0. The molecule has 0 radical (unpaired) electrons. The zero-order valence-electron chi connectivity index (χ0n) is 19.2. The molecule has 0 N–H and O–H groups in total. The fraction of sp³-hybridized carbons (Fsp3) is 0.333. The van der Waals surface area contributed by atoms with E-state index in [1.165, 1.54) is 30.6 Å². The lowest BCUT2D eigenvalue weighted by atomic mass is 10.1. The molecule has 1 aliphatic heterocycles. The summed E-state index contributed by atoms with van der Waals surface area (Å²) in [6, 6.07) is 10.2. The third-order valence-electron chi connectivity index (χ3n) is 6.13. The van der Waals surface area contributed by atoms with Crippen molar-refractivity contribution in [2.75, 3.05) is 37.0 Å². The first-order valence-electron chi connectivity index (χ1n) is 11.1. The van der Waals surface area contributed by atoms with Gasteiger partial charge in [-0.05, 0) is 49.2 Å². The number of halogens is 1. The summed E-state index contributed by atoms with van der Waals surface area (Å²) in [7, 11) is 3.38. The molecule has 34 heavy (non-hydrogen) atoms. The van der Waals surface area contributed by atoms with E-state index < -0.39 is 0 Å². The van der Waals surface area contributed by atoms with Crippen molar-refractivity contribution in [1.29, 1.82) is 0 Å². The minimum absolute atomic E-state index is 0.140. The van der Waals surface area contributed by atoms with Crippen LogP contribution in [0.15, 0.2) is 41.8 Å². The second-order valence-electron chi connectivity index (χ2n) is 8.23. The highest BCUT2D eigenvalue weighted by Crippen LogP contribution is 2.34. The average molecular weight is 481 g/mol. The number of hydrogen-bond acceptors (Lipinski definition) is 8. The Labute approximate surface area is 200 Å². The molecule has 1 unspecified atom stereocenters. The number of ether oxygens (including phenoxy) is 1. The van der Waals surface area contributed by atoms with Crippen molar-refractivity contribution < 1.29 is 13.9 Å². The molecule has 176 valence electrons. The van der Waals surface area contributed by atoms with Gasteiger partial charge in [0.15, 0.2) is 16.6 Å². The fourth-order valence-corrected chi connectivity index (χ4v) is 5.09. The number of aromatic nitrogens is 4. The van der Waals surface area contributed by atoms with Crippen LogP contribution in [0.3, 0.4) is 0 Å². The number of hydrogen-bond donors (Lipinski definition) is 0. The summed E-state index contributed by atoms with van der Waals surface area (Å²) in [5.74, 6) is 1.05. The minimum Gasteiger partial charge on any atom is -0.469 e. The lowest BCUT2D eigenvalue weighted by Gasteiger charge is -2.19. The van der Waals surface area contributed by atoms with Gasteiger partial charge < -0.3 is 14.5 Å². The van der Waals surface area contributed by atoms with E-state index >= 15 is 0 Å². The zero-order chi connectivity index (χ0) is 23.8. The van der Waals surface area contributed by atoms with Gasteiger partial charge in [0.2, 0.25) is 0 Å². The number of carbonyl (C=O) groups excluding carboxylic acids is 1. The number of carbonyl (C=O) groups is 1. The third kappa shape index (κ3) is 3.98. The maximum absolute atomic E-state index is 13.3. The largest absolute Gasteiger partial charge is 0.469 e. The Bertz CT molecular complexity index is 1340. The summed E-state index contributed by atoms with van der Waals surface area (Å²) < 4.78 is 20.1. The maximum Gasteiger partial charge on any atom is 0.310 e. The molecule has 0 spiro atoms. The first-order chi connectivity index (χ1) is 16.5. The molecule has 10 heteroatoms.